The Morgan fingerprint density at radius 2 is 1.90 bits per heavy atom. The summed E-state index contributed by atoms with van der Waals surface area (Å²) in [6, 6.07) is 9.79. The molecule has 1 N–H and O–H groups in total. The fourth-order valence-corrected chi connectivity index (χ4v) is 3.35. The van der Waals surface area contributed by atoms with Gasteiger partial charge in [0.15, 0.2) is 6.29 Å². The number of carbonyl (C=O) groups excluding carboxylic acids is 2. The number of Topliss-reactive ketones (excluding diaryl/α,β-unsaturated/α-hetero) is 1. The van der Waals surface area contributed by atoms with Gasteiger partial charge in [0.05, 0.1) is 12.7 Å². The number of amides is 1. The van der Waals surface area contributed by atoms with Gasteiger partial charge in [0.25, 0.3) is 0 Å². The van der Waals surface area contributed by atoms with E-state index in [1.54, 1.807) is 0 Å². The van der Waals surface area contributed by atoms with E-state index in [2.05, 4.69) is 5.32 Å². The second kappa shape index (κ2) is 10.2. The van der Waals surface area contributed by atoms with Gasteiger partial charge in [-0.1, -0.05) is 42.5 Å². The maximum absolute atomic E-state index is 12.3. The lowest BCUT2D eigenvalue weighted by molar-refractivity contribution is -0.262. The van der Waals surface area contributed by atoms with Crippen molar-refractivity contribution >= 4 is 11.9 Å². The topological polar surface area (TPSA) is 83.1 Å². The molecule has 3 rings (SSSR count). The Balaban J connectivity index is 1.37. The molecule has 1 amide bonds. The normalized spacial score (nSPS) is 26.0. The number of nitrogens with one attached hydrogen (secondary N) is 1. The number of rotatable bonds is 7. The molecule has 4 atom stereocenters. The van der Waals surface area contributed by atoms with Crippen LogP contribution in [0.25, 0.3) is 0 Å². The van der Waals surface area contributed by atoms with Gasteiger partial charge in [-0.2, -0.15) is 0 Å². The van der Waals surface area contributed by atoms with Crippen molar-refractivity contribution in [3.05, 3.63) is 48.0 Å². The van der Waals surface area contributed by atoms with E-state index >= 15 is 0 Å². The largest absolute Gasteiger partial charge is 0.444 e. The molecule has 0 radical (unpaired) electrons. The summed E-state index contributed by atoms with van der Waals surface area (Å²) < 4.78 is 23.0. The molecule has 2 aliphatic heterocycles. The highest BCUT2D eigenvalue weighted by atomic mass is 16.7. The van der Waals surface area contributed by atoms with Crippen molar-refractivity contribution in [3.63, 3.8) is 0 Å². The third-order valence-electron chi connectivity index (χ3n) is 4.73. The van der Waals surface area contributed by atoms with Gasteiger partial charge >= 0.3 is 6.09 Å². The smallest absolute Gasteiger partial charge is 0.407 e. The van der Waals surface area contributed by atoms with Gasteiger partial charge < -0.3 is 24.3 Å². The number of ketones is 1. The first-order valence-electron chi connectivity index (χ1n) is 10.4. The number of fused-ring (bicyclic) bond motifs is 1. The molecule has 1 fully saturated rings. The predicted molar refractivity (Wildman–Crippen MR) is 111 cm³/mol. The van der Waals surface area contributed by atoms with E-state index in [4.69, 9.17) is 18.9 Å². The van der Waals surface area contributed by atoms with E-state index in [9.17, 15) is 9.59 Å². The fraction of sp³-hybridized carbons (Fsp3) is 0.565. The number of hydrogen-bond acceptors (Lipinski definition) is 6. The van der Waals surface area contributed by atoms with Crippen molar-refractivity contribution in [3.8, 4) is 0 Å². The molecular formula is C23H31NO6. The van der Waals surface area contributed by atoms with Crippen molar-refractivity contribution < 1.29 is 28.5 Å². The lowest BCUT2D eigenvalue weighted by atomic mass is 10.0. The standard InChI is InChI=1S/C23H31NO6/c1-23(2,3)30-22(26)24-13-7-10-17(25)14-18-11-12-19-20(28-18)15-27-21(29-19)16-8-5-4-6-9-16/h4-6,8-9,11-12,18-21H,7,10,13-15H2,1-3H3,(H,24,26)/t18-,19+,20-,21-/m1/s1. The Kier molecular flexibility index (Phi) is 7.64. The highest BCUT2D eigenvalue weighted by molar-refractivity contribution is 5.79. The first-order chi connectivity index (χ1) is 14.3. The highest BCUT2D eigenvalue weighted by Gasteiger charge is 2.36. The minimum Gasteiger partial charge on any atom is -0.444 e. The summed E-state index contributed by atoms with van der Waals surface area (Å²) in [6.07, 6.45) is 3.54. The summed E-state index contributed by atoms with van der Waals surface area (Å²) in [4.78, 5) is 23.9. The summed E-state index contributed by atoms with van der Waals surface area (Å²) in [5.74, 6) is 0.0916. The van der Waals surface area contributed by atoms with Crippen LogP contribution < -0.4 is 5.32 Å². The predicted octanol–water partition coefficient (Wildman–Crippen LogP) is 3.69. The Bertz CT molecular complexity index is 742. The summed E-state index contributed by atoms with van der Waals surface area (Å²) in [6.45, 7) is 6.24. The van der Waals surface area contributed by atoms with Crippen LogP contribution in [0.1, 0.15) is 51.9 Å². The molecule has 1 aromatic rings. The Labute approximate surface area is 177 Å². The molecule has 30 heavy (non-hydrogen) atoms. The molecule has 1 saturated heterocycles. The van der Waals surface area contributed by atoms with Gasteiger partial charge in [-0.25, -0.2) is 4.79 Å². The van der Waals surface area contributed by atoms with Crippen LogP contribution in [0.2, 0.25) is 0 Å². The molecule has 0 saturated carbocycles. The van der Waals surface area contributed by atoms with Crippen LogP contribution in [0, 0.1) is 0 Å². The van der Waals surface area contributed by atoms with Crippen molar-refractivity contribution in [2.75, 3.05) is 13.2 Å². The van der Waals surface area contributed by atoms with Crippen LogP contribution in [-0.2, 0) is 23.7 Å². The van der Waals surface area contributed by atoms with Crippen LogP contribution >= 0.6 is 0 Å². The number of benzene rings is 1. The molecule has 0 unspecified atom stereocenters. The summed E-state index contributed by atoms with van der Waals surface area (Å²) >= 11 is 0. The maximum atomic E-state index is 12.3. The molecule has 0 aromatic heterocycles. The van der Waals surface area contributed by atoms with Crippen molar-refractivity contribution in [1.82, 2.24) is 5.32 Å². The van der Waals surface area contributed by atoms with E-state index in [-0.39, 0.29) is 24.1 Å². The van der Waals surface area contributed by atoms with Gasteiger partial charge in [0.1, 0.15) is 23.6 Å². The van der Waals surface area contributed by atoms with Crippen molar-refractivity contribution in [1.29, 1.82) is 0 Å². The molecule has 2 aliphatic rings. The lowest BCUT2D eigenvalue weighted by Gasteiger charge is -2.39. The summed E-state index contributed by atoms with van der Waals surface area (Å²) in [5.41, 5.74) is 0.442. The van der Waals surface area contributed by atoms with Crippen LogP contribution in [0.4, 0.5) is 4.79 Å². The molecule has 7 heteroatoms. The average molecular weight is 418 g/mol. The van der Waals surface area contributed by atoms with E-state index < -0.39 is 18.0 Å². The van der Waals surface area contributed by atoms with E-state index in [0.717, 1.165) is 5.56 Å². The Morgan fingerprint density at radius 1 is 1.13 bits per heavy atom. The first kappa shape index (κ1) is 22.5. The zero-order valence-electron chi connectivity index (χ0n) is 17.8. The molecule has 0 aliphatic carbocycles. The highest BCUT2D eigenvalue weighted by Crippen LogP contribution is 2.31. The number of carbonyl (C=O) groups is 2. The third-order valence-corrected chi connectivity index (χ3v) is 4.73. The van der Waals surface area contributed by atoms with Gasteiger partial charge in [0, 0.05) is 24.9 Å². The number of alkyl carbamates (subject to hydrolysis) is 1. The minimum atomic E-state index is -0.532. The Hall–Kier alpha value is -2.22. The van der Waals surface area contributed by atoms with Gasteiger partial charge in [-0.3, -0.25) is 4.79 Å². The molecule has 2 heterocycles. The summed E-state index contributed by atoms with van der Waals surface area (Å²) in [7, 11) is 0. The zero-order chi connectivity index (χ0) is 21.6. The number of ether oxygens (including phenoxy) is 4. The van der Waals surface area contributed by atoms with Crippen LogP contribution in [0.5, 0.6) is 0 Å². The quantitative estimate of drug-likeness (QED) is 0.538. The number of hydrogen-bond donors (Lipinski definition) is 1. The van der Waals surface area contributed by atoms with E-state index in [1.807, 2.05) is 63.3 Å². The van der Waals surface area contributed by atoms with Crippen LogP contribution in [0.15, 0.2) is 42.5 Å². The molecule has 164 valence electrons. The Morgan fingerprint density at radius 3 is 2.63 bits per heavy atom. The van der Waals surface area contributed by atoms with Gasteiger partial charge in [-0.05, 0) is 27.2 Å². The van der Waals surface area contributed by atoms with E-state index in [1.165, 1.54) is 0 Å². The molecule has 1 aromatic carbocycles. The zero-order valence-corrected chi connectivity index (χ0v) is 17.8. The second-order valence-corrected chi connectivity index (χ2v) is 8.55. The lowest BCUT2D eigenvalue weighted by Crippen LogP contribution is -2.45. The van der Waals surface area contributed by atoms with Crippen LogP contribution in [0.3, 0.4) is 0 Å². The monoisotopic (exact) mass is 417 g/mol. The van der Waals surface area contributed by atoms with Crippen molar-refractivity contribution in [2.24, 2.45) is 0 Å². The second-order valence-electron chi connectivity index (χ2n) is 8.55. The third kappa shape index (κ3) is 6.93. The molecular weight excluding hydrogens is 386 g/mol. The van der Waals surface area contributed by atoms with Crippen LogP contribution in [-0.4, -0.2) is 48.9 Å². The van der Waals surface area contributed by atoms with Gasteiger partial charge in [0.2, 0.25) is 0 Å². The summed E-state index contributed by atoms with van der Waals surface area (Å²) in [5, 5.41) is 2.66. The molecule has 0 bridgehead atoms. The van der Waals surface area contributed by atoms with Gasteiger partial charge in [-0.15, -0.1) is 0 Å². The fourth-order valence-electron chi connectivity index (χ4n) is 3.35. The first-order valence-corrected chi connectivity index (χ1v) is 10.4. The molecule has 0 spiro atoms. The maximum Gasteiger partial charge on any atom is 0.407 e. The molecule has 7 nitrogen and oxygen atoms in total. The van der Waals surface area contributed by atoms with Crippen molar-refractivity contribution in [2.45, 2.75) is 70.2 Å². The minimum absolute atomic E-state index is 0.0916. The average Bonchev–Trinajstić information content (AvgIpc) is 2.70. The van der Waals surface area contributed by atoms with E-state index in [0.29, 0.717) is 32.4 Å². The SMILES string of the molecule is CC(C)(C)OC(=O)NCCCC(=O)C[C@H]1C=C[C@@H]2O[C@H](c3ccccc3)OC[C@H]2O1.